The number of hydrogen-bond donors (Lipinski definition) is 2. The van der Waals surface area contributed by atoms with Gasteiger partial charge in [-0.25, -0.2) is 9.18 Å². The van der Waals surface area contributed by atoms with Crippen LogP contribution in [0, 0.1) is 5.82 Å². The van der Waals surface area contributed by atoms with Crippen LogP contribution in [0.4, 0.5) is 10.1 Å². The number of halogens is 3. The molecule has 0 spiro atoms. The summed E-state index contributed by atoms with van der Waals surface area (Å²) in [4.78, 5) is 14.7. The number of allylic oxidation sites excluding steroid dienone is 1. The molecular formula is C17H21Cl2FN2O4. The summed E-state index contributed by atoms with van der Waals surface area (Å²) in [5, 5.41) is 21.0. The second kappa shape index (κ2) is 8.00. The molecule has 1 aromatic rings. The highest BCUT2D eigenvalue weighted by molar-refractivity contribution is 6.33. The van der Waals surface area contributed by atoms with E-state index in [9.17, 15) is 19.4 Å². The van der Waals surface area contributed by atoms with E-state index in [1.54, 1.807) is 27.8 Å². The molecule has 26 heavy (non-hydrogen) atoms. The number of nitrogens with zero attached hydrogens (tertiary/aromatic N) is 2. The van der Waals surface area contributed by atoms with Gasteiger partial charge in [0.05, 0.1) is 22.4 Å². The van der Waals surface area contributed by atoms with Crippen LogP contribution in [0.25, 0.3) is 0 Å². The summed E-state index contributed by atoms with van der Waals surface area (Å²) in [6, 6.07) is 2.09. The Morgan fingerprint density at radius 3 is 2.54 bits per heavy atom. The molecule has 1 aliphatic rings. The van der Waals surface area contributed by atoms with Gasteiger partial charge in [0, 0.05) is 24.2 Å². The number of benzene rings is 1. The number of alkyl halides is 1. The number of anilines is 1. The molecular weight excluding hydrogens is 386 g/mol. The maximum Gasteiger partial charge on any atom is 0.339 e. The Labute approximate surface area is 161 Å². The normalized spacial score (nSPS) is 20.8. The quantitative estimate of drug-likeness (QED) is 0.591. The Morgan fingerprint density at radius 1 is 1.38 bits per heavy atom. The van der Waals surface area contributed by atoms with Gasteiger partial charge in [-0.3, -0.25) is 4.90 Å². The fourth-order valence-electron chi connectivity index (χ4n) is 2.66. The van der Waals surface area contributed by atoms with Crippen molar-refractivity contribution < 1.29 is 24.1 Å². The average molecular weight is 407 g/mol. The molecule has 0 aromatic heterocycles. The Bertz CT molecular complexity index is 742. The van der Waals surface area contributed by atoms with Gasteiger partial charge in [0.2, 0.25) is 6.35 Å². The van der Waals surface area contributed by atoms with Crippen molar-refractivity contribution in [2.45, 2.75) is 39.5 Å². The van der Waals surface area contributed by atoms with Crippen LogP contribution in [0.2, 0.25) is 5.02 Å². The van der Waals surface area contributed by atoms with Gasteiger partial charge in [-0.2, -0.15) is 0 Å². The van der Waals surface area contributed by atoms with Gasteiger partial charge in [0.25, 0.3) is 0 Å². The topological polar surface area (TPSA) is 73.2 Å². The number of esters is 1. The molecule has 1 heterocycles. The Morgan fingerprint density at radius 2 is 2.00 bits per heavy atom. The second-order valence-electron chi connectivity index (χ2n) is 6.22. The minimum atomic E-state index is -1.37. The zero-order chi connectivity index (χ0) is 19.8. The van der Waals surface area contributed by atoms with Gasteiger partial charge in [-0.15, -0.1) is 11.6 Å². The maximum atomic E-state index is 14.6. The fourth-order valence-corrected chi connectivity index (χ4v) is 3.22. The third-order valence-electron chi connectivity index (χ3n) is 4.19. The summed E-state index contributed by atoms with van der Waals surface area (Å²) in [5.74, 6) is -1.56. The zero-order valence-corrected chi connectivity index (χ0v) is 16.3. The van der Waals surface area contributed by atoms with E-state index in [0.29, 0.717) is 11.3 Å². The van der Waals surface area contributed by atoms with Crippen LogP contribution in [-0.4, -0.2) is 52.7 Å². The van der Waals surface area contributed by atoms with E-state index in [0.717, 1.165) is 17.0 Å². The molecule has 0 amide bonds. The first-order chi connectivity index (χ1) is 12.1. The molecule has 6 nitrogen and oxygen atoms in total. The van der Waals surface area contributed by atoms with E-state index < -0.39 is 30.5 Å². The number of rotatable bonds is 4. The molecule has 0 saturated carbocycles. The standard InChI is InChI=1S/C17H21Cl2FN2O4/c1-8(2)26-16(24)10-5-14(13(20)6-12(10)19)22-15(23)11(7-18)9(3)21(4)17(22)25/h5-6,8,15,17,23,25H,7H2,1-4H3. The monoisotopic (exact) mass is 406 g/mol. The lowest BCUT2D eigenvalue weighted by Gasteiger charge is -2.45. The minimum absolute atomic E-state index is 0.0159. The van der Waals surface area contributed by atoms with Gasteiger partial charge in [0.1, 0.15) is 5.82 Å². The van der Waals surface area contributed by atoms with E-state index in [-0.39, 0.29) is 22.2 Å². The Hall–Kier alpha value is -1.54. The molecule has 9 heteroatoms. The van der Waals surface area contributed by atoms with Gasteiger partial charge in [-0.1, -0.05) is 11.6 Å². The van der Waals surface area contributed by atoms with Crippen molar-refractivity contribution in [1.29, 1.82) is 0 Å². The molecule has 2 rings (SSSR count). The minimum Gasteiger partial charge on any atom is -0.459 e. The number of carbonyl (C=O) groups is 1. The summed E-state index contributed by atoms with van der Waals surface area (Å²) < 4.78 is 19.7. The first-order valence-corrected chi connectivity index (χ1v) is 8.84. The molecule has 0 fully saturated rings. The second-order valence-corrected chi connectivity index (χ2v) is 6.89. The third kappa shape index (κ3) is 3.76. The lowest BCUT2D eigenvalue weighted by Crippen LogP contribution is -2.56. The van der Waals surface area contributed by atoms with Crippen molar-refractivity contribution in [3.63, 3.8) is 0 Å². The van der Waals surface area contributed by atoms with Crippen molar-refractivity contribution in [3.8, 4) is 0 Å². The summed E-state index contributed by atoms with van der Waals surface area (Å²) in [6.07, 6.45) is -3.14. The Kier molecular flexibility index (Phi) is 6.39. The highest BCUT2D eigenvalue weighted by Crippen LogP contribution is 2.35. The first kappa shape index (κ1) is 20.8. The molecule has 0 aliphatic carbocycles. The van der Waals surface area contributed by atoms with Crippen LogP contribution < -0.4 is 4.90 Å². The zero-order valence-electron chi connectivity index (χ0n) is 14.8. The number of hydrogen-bond acceptors (Lipinski definition) is 6. The molecule has 2 N–H and O–H groups in total. The summed E-state index contributed by atoms with van der Waals surface area (Å²) in [6.45, 7) is 5.03. The molecule has 1 aliphatic heterocycles. The smallest absolute Gasteiger partial charge is 0.339 e. The highest BCUT2D eigenvalue weighted by Gasteiger charge is 2.37. The van der Waals surface area contributed by atoms with Gasteiger partial charge < -0.3 is 19.8 Å². The molecule has 0 saturated heterocycles. The SMILES string of the molecule is CC1=C(CCl)C(O)N(c2cc(C(=O)OC(C)C)c(Cl)cc2F)C(O)N1C. The van der Waals surface area contributed by atoms with Crippen molar-refractivity contribution >= 4 is 34.9 Å². The molecule has 2 unspecified atom stereocenters. The van der Waals surface area contributed by atoms with E-state index in [1.807, 2.05) is 0 Å². The third-order valence-corrected chi connectivity index (χ3v) is 4.79. The van der Waals surface area contributed by atoms with Crippen molar-refractivity contribution in [1.82, 2.24) is 4.90 Å². The van der Waals surface area contributed by atoms with Crippen LogP contribution in [-0.2, 0) is 4.74 Å². The largest absolute Gasteiger partial charge is 0.459 e. The van der Waals surface area contributed by atoms with Crippen LogP contribution in [0.15, 0.2) is 23.4 Å². The number of aliphatic hydroxyl groups is 2. The van der Waals surface area contributed by atoms with Crippen LogP contribution in [0.1, 0.15) is 31.1 Å². The molecule has 1 aromatic carbocycles. The fraction of sp³-hybridized carbons (Fsp3) is 0.471. The average Bonchev–Trinajstić information content (AvgIpc) is 2.54. The highest BCUT2D eigenvalue weighted by atomic mass is 35.5. The number of aliphatic hydroxyl groups excluding tert-OH is 2. The summed E-state index contributed by atoms with van der Waals surface area (Å²) >= 11 is 11.9. The van der Waals surface area contributed by atoms with Gasteiger partial charge >= 0.3 is 5.97 Å². The van der Waals surface area contributed by atoms with Crippen LogP contribution in [0.5, 0.6) is 0 Å². The summed E-state index contributed by atoms with van der Waals surface area (Å²) in [5.41, 5.74) is 0.703. The number of carbonyl (C=O) groups excluding carboxylic acids is 1. The van der Waals surface area contributed by atoms with E-state index in [4.69, 9.17) is 27.9 Å². The van der Waals surface area contributed by atoms with Crippen LogP contribution in [0.3, 0.4) is 0 Å². The molecule has 144 valence electrons. The molecule has 2 atom stereocenters. The molecule has 0 radical (unpaired) electrons. The lowest BCUT2D eigenvalue weighted by molar-refractivity contribution is -0.00483. The summed E-state index contributed by atoms with van der Waals surface area (Å²) in [7, 11) is 1.58. The van der Waals surface area contributed by atoms with Gasteiger partial charge in [0.15, 0.2) is 6.23 Å². The Balaban J connectivity index is 2.55. The maximum absolute atomic E-state index is 14.6. The van der Waals surface area contributed by atoms with E-state index in [2.05, 4.69) is 0 Å². The van der Waals surface area contributed by atoms with E-state index in [1.165, 1.54) is 4.90 Å². The van der Waals surface area contributed by atoms with E-state index >= 15 is 0 Å². The predicted molar refractivity (Wildman–Crippen MR) is 97.6 cm³/mol. The molecule has 0 bridgehead atoms. The van der Waals surface area contributed by atoms with Crippen molar-refractivity contribution in [2.24, 2.45) is 0 Å². The number of ether oxygens (including phenoxy) is 1. The predicted octanol–water partition coefficient (Wildman–Crippen LogP) is 2.90. The van der Waals surface area contributed by atoms with Crippen LogP contribution >= 0.6 is 23.2 Å². The first-order valence-electron chi connectivity index (χ1n) is 7.93. The van der Waals surface area contributed by atoms with Crippen molar-refractivity contribution in [3.05, 3.63) is 39.8 Å². The van der Waals surface area contributed by atoms with Gasteiger partial charge in [-0.05, 0) is 32.9 Å². The van der Waals surface area contributed by atoms with Crippen molar-refractivity contribution in [2.75, 3.05) is 17.8 Å². The lowest BCUT2D eigenvalue weighted by atomic mass is 10.1.